The van der Waals surface area contributed by atoms with E-state index in [-0.39, 0.29) is 17.1 Å². The Balaban J connectivity index is 2.24. The lowest BCUT2D eigenvalue weighted by Crippen LogP contribution is -1.90. The van der Waals surface area contributed by atoms with Gasteiger partial charge in [-0.1, -0.05) is 47.1 Å². The SMILES string of the molecule is Nc1noc(-c2cc(Cl)ccc2F)c1-c1ccccc1. The lowest BCUT2D eigenvalue weighted by molar-refractivity contribution is 0.433. The summed E-state index contributed by atoms with van der Waals surface area (Å²) < 4.78 is 19.2. The van der Waals surface area contributed by atoms with Gasteiger partial charge in [-0.05, 0) is 23.8 Å². The van der Waals surface area contributed by atoms with Crippen molar-refractivity contribution in [1.29, 1.82) is 0 Å². The van der Waals surface area contributed by atoms with Crippen molar-refractivity contribution in [3.63, 3.8) is 0 Å². The maximum Gasteiger partial charge on any atom is 0.179 e. The Morgan fingerprint density at radius 2 is 1.85 bits per heavy atom. The van der Waals surface area contributed by atoms with E-state index in [2.05, 4.69) is 5.16 Å². The van der Waals surface area contributed by atoms with Gasteiger partial charge in [-0.2, -0.15) is 0 Å². The predicted molar refractivity (Wildman–Crippen MR) is 76.8 cm³/mol. The zero-order valence-electron chi connectivity index (χ0n) is 10.3. The molecule has 0 saturated heterocycles. The van der Waals surface area contributed by atoms with Crippen LogP contribution in [0.15, 0.2) is 53.1 Å². The van der Waals surface area contributed by atoms with Crippen molar-refractivity contribution >= 4 is 17.4 Å². The molecule has 2 aromatic carbocycles. The number of hydrogen-bond donors (Lipinski definition) is 1. The van der Waals surface area contributed by atoms with E-state index in [1.807, 2.05) is 30.3 Å². The minimum absolute atomic E-state index is 0.213. The molecule has 1 heterocycles. The molecule has 0 aliphatic carbocycles. The second kappa shape index (κ2) is 4.98. The van der Waals surface area contributed by atoms with Crippen molar-refractivity contribution in [1.82, 2.24) is 5.16 Å². The largest absolute Gasteiger partial charge is 0.380 e. The molecular formula is C15H10ClFN2O. The van der Waals surface area contributed by atoms with E-state index in [1.165, 1.54) is 18.2 Å². The Morgan fingerprint density at radius 3 is 2.60 bits per heavy atom. The number of rotatable bonds is 2. The molecular weight excluding hydrogens is 279 g/mol. The van der Waals surface area contributed by atoms with E-state index >= 15 is 0 Å². The summed E-state index contributed by atoms with van der Waals surface area (Å²) in [7, 11) is 0. The summed E-state index contributed by atoms with van der Waals surface area (Å²) in [5.41, 5.74) is 7.44. The fourth-order valence-corrected chi connectivity index (χ4v) is 2.21. The van der Waals surface area contributed by atoms with E-state index < -0.39 is 5.82 Å². The number of halogens is 2. The molecule has 0 saturated carbocycles. The van der Waals surface area contributed by atoms with Crippen LogP contribution >= 0.6 is 11.6 Å². The average Bonchev–Trinajstić information content (AvgIpc) is 2.84. The molecule has 0 aliphatic heterocycles. The van der Waals surface area contributed by atoms with E-state index in [1.54, 1.807) is 0 Å². The van der Waals surface area contributed by atoms with Gasteiger partial charge in [-0.15, -0.1) is 0 Å². The van der Waals surface area contributed by atoms with E-state index in [0.717, 1.165) is 5.56 Å². The highest BCUT2D eigenvalue weighted by molar-refractivity contribution is 6.30. The highest BCUT2D eigenvalue weighted by Crippen LogP contribution is 2.38. The van der Waals surface area contributed by atoms with Crippen molar-refractivity contribution in [3.8, 4) is 22.5 Å². The van der Waals surface area contributed by atoms with Crippen molar-refractivity contribution in [2.24, 2.45) is 0 Å². The molecule has 0 unspecified atom stereocenters. The minimum atomic E-state index is -0.442. The molecule has 0 radical (unpaired) electrons. The van der Waals surface area contributed by atoms with Gasteiger partial charge in [0.05, 0.1) is 11.1 Å². The molecule has 0 aliphatic rings. The molecule has 0 amide bonds. The Morgan fingerprint density at radius 1 is 1.10 bits per heavy atom. The van der Waals surface area contributed by atoms with Crippen molar-refractivity contribution in [3.05, 3.63) is 59.4 Å². The summed E-state index contributed by atoms with van der Waals surface area (Å²) in [6.45, 7) is 0. The maximum absolute atomic E-state index is 14.0. The molecule has 100 valence electrons. The summed E-state index contributed by atoms with van der Waals surface area (Å²) in [4.78, 5) is 0. The lowest BCUT2D eigenvalue weighted by Gasteiger charge is -2.04. The van der Waals surface area contributed by atoms with E-state index in [4.69, 9.17) is 21.9 Å². The Kier molecular flexibility index (Phi) is 3.16. The Bertz CT molecular complexity index is 756. The fraction of sp³-hybridized carbons (Fsp3) is 0. The third kappa shape index (κ3) is 2.14. The smallest absolute Gasteiger partial charge is 0.179 e. The monoisotopic (exact) mass is 288 g/mol. The van der Waals surface area contributed by atoms with Crippen molar-refractivity contribution in [2.75, 3.05) is 5.73 Å². The quantitative estimate of drug-likeness (QED) is 0.761. The summed E-state index contributed by atoms with van der Waals surface area (Å²) in [6.07, 6.45) is 0. The number of nitrogens with zero attached hydrogens (tertiary/aromatic N) is 1. The van der Waals surface area contributed by atoms with E-state index in [9.17, 15) is 4.39 Å². The van der Waals surface area contributed by atoms with Crippen LogP contribution in [0.2, 0.25) is 5.02 Å². The van der Waals surface area contributed by atoms with Crippen LogP contribution in [0.25, 0.3) is 22.5 Å². The number of aromatic nitrogens is 1. The second-order valence-electron chi connectivity index (χ2n) is 4.26. The first-order valence-corrected chi connectivity index (χ1v) is 6.30. The van der Waals surface area contributed by atoms with Crippen LogP contribution in [0.4, 0.5) is 10.2 Å². The van der Waals surface area contributed by atoms with Crippen LogP contribution in [-0.4, -0.2) is 5.16 Å². The molecule has 0 bridgehead atoms. The van der Waals surface area contributed by atoms with Crippen LogP contribution in [0.1, 0.15) is 0 Å². The van der Waals surface area contributed by atoms with Gasteiger partial charge in [0.15, 0.2) is 11.6 Å². The Labute approximate surface area is 119 Å². The second-order valence-corrected chi connectivity index (χ2v) is 4.70. The molecule has 1 aromatic heterocycles. The molecule has 20 heavy (non-hydrogen) atoms. The zero-order chi connectivity index (χ0) is 14.1. The minimum Gasteiger partial charge on any atom is -0.380 e. The molecule has 3 rings (SSSR count). The van der Waals surface area contributed by atoms with Gasteiger partial charge >= 0.3 is 0 Å². The first-order valence-electron chi connectivity index (χ1n) is 5.93. The number of nitrogens with two attached hydrogens (primary N) is 1. The zero-order valence-corrected chi connectivity index (χ0v) is 11.1. The number of anilines is 1. The van der Waals surface area contributed by atoms with Crippen molar-refractivity contribution < 1.29 is 8.91 Å². The van der Waals surface area contributed by atoms with Crippen LogP contribution in [0.3, 0.4) is 0 Å². The van der Waals surface area contributed by atoms with Crippen LogP contribution in [0.5, 0.6) is 0 Å². The summed E-state index contributed by atoms with van der Waals surface area (Å²) in [6, 6.07) is 13.6. The fourth-order valence-electron chi connectivity index (χ4n) is 2.04. The van der Waals surface area contributed by atoms with Gasteiger partial charge in [0.25, 0.3) is 0 Å². The molecule has 3 nitrogen and oxygen atoms in total. The molecule has 5 heteroatoms. The third-order valence-corrected chi connectivity index (χ3v) is 3.19. The van der Waals surface area contributed by atoms with Gasteiger partial charge in [-0.25, -0.2) is 4.39 Å². The summed E-state index contributed by atoms with van der Waals surface area (Å²) in [5, 5.41) is 4.15. The van der Waals surface area contributed by atoms with Crippen molar-refractivity contribution in [2.45, 2.75) is 0 Å². The summed E-state index contributed by atoms with van der Waals surface area (Å²) >= 11 is 5.91. The Hall–Kier alpha value is -2.33. The summed E-state index contributed by atoms with van der Waals surface area (Å²) in [5.74, 6) is 0.0435. The predicted octanol–water partition coefficient (Wildman–Crippen LogP) is 4.38. The number of benzene rings is 2. The normalized spacial score (nSPS) is 10.7. The highest BCUT2D eigenvalue weighted by atomic mass is 35.5. The van der Waals surface area contributed by atoms with Gasteiger partial charge in [0, 0.05) is 5.02 Å². The molecule has 3 aromatic rings. The number of nitrogen functional groups attached to an aromatic ring is 1. The molecule has 0 fully saturated rings. The van der Waals surface area contributed by atoms with Gasteiger partial charge < -0.3 is 10.3 Å². The topological polar surface area (TPSA) is 52.0 Å². The first-order chi connectivity index (χ1) is 9.66. The number of hydrogen-bond acceptors (Lipinski definition) is 3. The highest BCUT2D eigenvalue weighted by Gasteiger charge is 2.20. The molecule has 0 spiro atoms. The van der Waals surface area contributed by atoms with Crippen LogP contribution in [-0.2, 0) is 0 Å². The van der Waals surface area contributed by atoms with Gasteiger partial charge in [0.2, 0.25) is 0 Å². The van der Waals surface area contributed by atoms with Gasteiger partial charge in [0.1, 0.15) is 5.82 Å². The van der Waals surface area contributed by atoms with E-state index in [0.29, 0.717) is 10.6 Å². The van der Waals surface area contributed by atoms with Crippen LogP contribution in [0, 0.1) is 5.82 Å². The lowest BCUT2D eigenvalue weighted by atomic mass is 10.0. The maximum atomic E-state index is 14.0. The average molecular weight is 289 g/mol. The third-order valence-electron chi connectivity index (χ3n) is 2.95. The molecule has 2 N–H and O–H groups in total. The first kappa shape index (κ1) is 12.7. The van der Waals surface area contributed by atoms with Crippen LogP contribution < -0.4 is 5.73 Å². The van der Waals surface area contributed by atoms with Gasteiger partial charge in [-0.3, -0.25) is 0 Å². The molecule has 0 atom stereocenters. The standard InChI is InChI=1S/C15H10ClFN2O/c16-10-6-7-12(17)11(8-10)14-13(15(18)19-20-14)9-4-2-1-3-5-9/h1-8H,(H2,18,19).